The number of aromatic nitrogens is 1. The third-order valence-electron chi connectivity index (χ3n) is 4.25. The summed E-state index contributed by atoms with van der Waals surface area (Å²) in [5.41, 5.74) is 2.80. The number of hydrogen-bond donors (Lipinski definition) is 3. The summed E-state index contributed by atoms with van der Waals surface area (Å²) >= 11 is 0. The van der Waals surface area contributed by atoms with Crippen LogP contribution in [0, 0.1) is 6.92 Å². The molecule has 6 nitrogen and oxygen atoms in total. The van der Waals surface area contributed by atoms with Gasteiger partial charge in [0.05, 0.1) is 0 Å². The van der Waals surface area contributed by atoms with Gasteiger partial charge in [-0.25, -0.2) is 4.57 Å². The van der Waals surface area contributed by atoms with Crippen molar-refractivity contribution in [2.45, 2.75) is 39.7 Å². The zero-order valence-corrected chi connectivity index (χ0v) is 16.1. The number of fused-ring (bicyclic) bond motifs is 1. The highest BCUT2D eigenvalue weighted by Gasteiger charge is 2.23. The summed E-state index contributed by atoms with van der Waals surface area (Å²) in [4.78, 5) is 24.0. The van der Waals surface area contributed by atoms with Crippen LogP contribution in [-0.2, 0) is 11.0 Å². The molecule has 2 aromatic rings. The molecule has 0 radical (unpaired) electrons. The van der Waals surface area contributed by atoms with E-state index in [0.717, 1.165) is 41.7 Å². The highest BCUT2D eigenvalue weighted by Crippen LogP contribution is 2.42. The van der Waals surface area contributed by atoms with Gasteiger partial charge in [0.25, 0.3) is 0 Å². The molecule has 0 bridgehead atoms. The molecule has 0 spiro atoms. The molecule has 1 heterocycles. The van der Waals surface area contributed by atoms with Gasteiger partial charge in [0.1, 0.15) is 5.75 Å². The lowest BCUT2D eigenvalue weighted by atomic mass is 10.0. The monoisotopic (exact) mass is 366 g/mol. The Balaban J connectivity index is 2.39. The molecule has 0 saturated carbocycles. The van der Waals surface area contributed by atoms with Crippen molar-refractivity contribution < 1.29 is 18.9 Å². The second-order valence-electron chi connectivity index (χ2n) is 7.14. The first-order chi connectivity index (χ1) is 11.5. The average molecular weight is 366 g/mol. The quantitative estimate of drug-likeness (QED) is 0.513. The lowest BCUT2D eigenvalue weighted by Gasteiger charge is -2.34. The summed E-state index contributed by atoms with van der Waals surface area (Å²) in [6.07, 6.45) is 2.62. The Morgan fingerprint density at radius 3 is 2.60 bits per heavy atom. The number of nitrogens with zero attached hydrogens (tertiary/aromatic N) is 1. The highest BCUT2D eigenvalue weighted by molar-refractivity contribution is 7.46. The number of phosphoric ester groups is 1. The van der Waals surface area contributed by atoms with Crippen molar-refractivity contribution in [3.05, 3.63) is 42.1 Å². The van der Waals surface area contributed by atoms with Crippen molar-refractivity contribution in [3.8, 4) is 5.75 Å². The Morgan fingerprint density at radius 1 is 1.36 bits per heavy atom. The van der Waals surface area contributed by atoms with Gasteiger partial charge < -0.3 is 9.51 Å². The third kappa shape index (κ3) is 4.95. The maximum Gasteiger partial charge on any atom is 0.524 e. The van der Waals surface area contributed by atoms with Crippen LogP contribution in [0.25, 0.3) is 10.9 Å². The number of aryl methyl sites for hydroxylation is 1. The standard InChI is InChI=1S/C18H27N2O4P/c1-6-11-20(18(3,4)5)12-10-14-13(2)19-15-8-7-9-16(17(14)15)24-25(21,22)23/h6-9,19H,1,10-12H2,2-5H3,(H2,21,22,23). The van der Waals surface area contributed by atoms with E-state index < -0.39 is 7.82 Å². The van der Waals surface area contributed by atoms with Gasteiger partial charge in [-0.3, -0.25) is 14.7 Å². The molecule has 0 fully saturated rings. The van der Waals surface area contributed by atoms with Crippen molar-refractivity contribution in [2.75, 3.05) is 13.1 Å². The molecule has 0 aliphatic rings. The number of hydrogen-bond acceptors (Lipinski definition) is 3. The van der Waals surface area contributed by atoms with Crippen LogP contribution in [-0.4, -0.2) is 38.3 Å². The number of nitrogens with one attached hydrogen (secondary N) is 1. The van der Waals surface area contributed by atoms with Gasteiger partial charge in [0.2, 0.25) is 0 Å². The number of rotatable bonds is 7. The van der Waals surface area contributed by atoms with Gasteiger partial charge in [0, 0.05) is 35.2 Å². The van der Waals surface area contributed by atoms with Gasteiger partial charge in [0.15, 0.2) is 0 Å². The molecular weight excluding hydrogens is 339 g/mol. The van der Waals surface area contributed by atoms with E-state index in [1.165, 1.54) is 0 Å². The normalized spacial score (nSPS) is 12.8. The van der Waals surface area contributed by atoms with E-state index in [-0.39, 0.29) is 11.3 Å². The number of phosphoric acid groups is 1. The molecular formula is C18H27N2O4P. The van der Waals surface area contributed by atoms with Crippen LogP contribution < -0.4 is 4.52 Å². The molecule has 7 heteroatoms. The number of H-pyrrole nitrogens is 1. The molecule has 1 aromatic heterocycles. The lowest BCUT2D eigenvalue weighted by molar-refractivity contribution is 0.156. The molecule has 0 amide bonds. The fraction of sp³-hybridized carbons (Fsp3) is 0.444. The Hall–Kier alpha value is -1.59. The Bertz CT molecular complexity index is 801. The van der Waals surface area contributed by atoms with Crippen LogP contribution in [0.5, 0.6) is 5.75 Å². The number of aromatic amines is 1. The largest absolute Gasteiger partial charge is 0.524 e. The molecule has 3 N–H and O–H groups in total. The molecule has 138 valence electrons. The molecule has 1 aromatic carbocycles. The topological polar surface area (TPSA) is 85.8 Å². The van der Waals surface area contributed by atoms with E-state index in [9.17, 15) is 14.4 Å². The van der Waals surface area contributed by atoms with Crippen LogP contribution in [0.4, 0.5) is 0 Å². The van der Waals surface area contributed by atoms with Gasteiger partial charge in [-0.2, -0.15) is 0 Å². The van der Waals surface area contributed by atoms with Crippen LogP contribution in [0.1, 0.15) is 32.0 Å². The number of benzene rings is 1. The minimum atomic E-state index is -4.62. The summed E-state index contributed by atoms with van der Waals surface area (Å²) in [5.74, 6) is 0.205. The first-order valence-corrected chi connectivity index (χ1v) is 9.77. The fourth-order valence-electron chi connectivity index (χ4n) is 3.03. The van der Waals surface area contributed by atoms with Crippen molar-refractivity contribution in [3.63, 3.8) is 0 Å². The van der Waals surface area contributed by atoms with Crippen LogP contribution in [0.2, 0.25) is 0 Å². The fourth-order valence-corrected chi connectivity index (χ4v) is 3.44. The molecule has 0 unspecified atom stereocenters. The zero-order chi connectivity index (χ0) is 18.8. The molecule has 0 aliphatic carbocycles. The average Bonchev–Trinajstić information content (AvgIpc) is 2.77. The van der Waals surface area contributed by atoms with E-state index in [4.69, 9.17) is 4.52 Å². The molecule has 0 aliphatic heterocycles. The van der Waals surface area contributed by atoms with Crippen LogP contribution in [0.3, 0.4) is 0 Å². The SMILES string of the molecule is C=CCN(CCc1c(C)[nH]c2cccc(OP(=O)(O)O)c12)C(C)(C)C. The third-order valence-corrected chi connectivity index (χ3v) is 4.68. The van der Waals surface area contributed by atoms with Crippen LogP contribution in [0.15, 0.2) is 30.9 Å². The van der Waals surface area contributed by atoms with E-state index in [1.54, 1.807) is 12.1 Å². The van der Waals surface area contributed by atoms with Crippen molar-refractivity contribution in [1.29, 1.82) is 0 Å². The van der Waals surface area contributed by atoms with E-state index in [2.05, 4.69) is 37.2 Å². The first kappa shape index (κ1) is 19.7. The van der Waals surface area contributed by atoms with Crippen molar-refractivity contribution in [1.82, 2.24) is 9.88 Å². The summed E-state index contributed by atoms with van der Waals surface area (Å²) in [7, 11) is -4.62. The summed E-state index contributed by atoms with van der Waals surface area (Å²) < 4.78 is 16.2. The zero-order valence-electron chi connectivity index (χ0n) is 15.2. The van der Waals surface area contributed by atoms with Crippen molar-refractivity contribution in [2.24, 2.45) is 0 Å². The minimum absolute atomic E-state index is 0.000560. The van der Waals surface area contributed by atoms with Gasteiger partial charge in [-0.1, -0.05) is 12.1 Å². The maximum absolute atomic E-state index is 11.3. The van der Waals surface area contributed by atoms with E-state index in [0.29, 0.717) is 0 Å². The molecule has 0 atom stereocenters. The highest BCUT2D eigenvalue weighted by atomic mass is 31.2. The smallest absolute Gasteiger partial charge is 0.404 e. The summed E-state index contributed by atoms with van der Waals surface area (Å²) in [5, 5.41) is 0.732. The molecule has 0 saturated heterocycles. The first-order valence-electron chi connectivity index (χ1n) is 8.24. The molecule has 25 heavy (non-hydrogen) atoms. The Labute approximate surface area is 148 Å². The van der Waals surface area contributed by atoms with Gasteiger partial charge in [-0.05, 0) is 51.8 Å². The van der Waals surface area contributed by atoms with E-state index >= 15 is 0 Å². The summed E-state index contributed by atoms with van der Waals surface area (Å²) in [6, 6.07) is 5.18. The predicted molar refractivity (Wildman–Crippen MR) is 101 cm³/mol. The second kappa shape index (κ2) is 7.34. The summed E-state index contributed by atoms with van der Waals surface area (Å²) in [6.45, 7) is 13.8. The minimum Gasteiger partial charge on any atom is -0.404 e. The lowest BCUT2D eigenvalue weighted by Crippen LogP contribution is -2.42. The van der Waals surface area contributed by atoms with Crippen LogP contribution >= 0.6 is 7.82 Å². The van der Waals surface area contributed by atoms with E-state index in [1.807, 2.05) is 19.1 Å². The second-order valence-corrected chi connectivity index (χ2v) is 8.31. The Kier molecular flexibility index (Phi) is 5.79. The Morgan fingerprint density at radius 2 is 2.04 bits per heavy atom. The maximum atomic E-state index is 11.3. The van der Waals surface area contributed by atoms with Gasteiger partial charge >= 0.3 is 7.82 Å². The predicted octanol–water partition coefficient (Wildman–Crippen LogP) is 3.78. The molecule has 2 rings (SSSR count). The van der Waals surface area contributed by atoms with Gasteiger partial charge in [-0.15, -0.1) is 6.58 Å². The van der Waals surface area contributed by atoms with Crippen molar-refractivity contribution >= 4 is 18.7 Å².